The van der Waals surface area contributed by atoms with E-state index in [1.165, 1.54) is 0 Å². The van der Waals surface area contributed by atoms with Crippen LogP contribution in [0.15, 0.2) is 0 Å². The van der Waals surface area contributed by atoms with E-state index in [2.05, 4.69) is 32.5 Å². The van der Waals surface area contributed by atoms with Crippen molar-refractivity contribution in [3.8, 4) is 0 Å². The summed E-state index contributed by atoms with van der Waals surface area (Å²) in [5, 5.41) is 0. The molecule has 0 radical (unpaired) electrons. The van der Waals surface area contributed by atoms with Crippen molar-refractivity contribution in [3.63, 3.8) is 0 Å². The third-order valence-corrected chi connectivity index (χ3v) is 2.27. The van der Waals surface area contributed by atoms with E-state index in [9.17, 15) is 0 Å². The quantitative estimate of drug-likeness (QED) is 0.363. The number of hydrogen-bond donors (Lipinski definition) is 0. The van der Waals surface area contributed by atoms with Crippen LogP contribution in [0.2, 0.25) is 0 Å². The van der Waals surface area contributed by atoms with E-state index in [0.717, 1.165) is 12.1 Å². The van der Waals surface area contributed by atoms with Crippen molar-refractivity contribution in [2.45, 2.75) is 34.1 Å². The molecule has 0 unspecified atom stereocenters. The highest BCUT2D eigenvalue weighted by atomic mass is 14.9. The zero-order chi connectivity index (χ0) is 7.99. The first-order chi connectivity index (χ1) is 4.40. The van der Waals surface area contributed by atoms with Gasteiger partial charge in [-0.2, -0.15) is 4.79 Å². The first-order valence-corrected chi connectivity index (χ1v) is 3.63. The Balaban J connectivity index is 2.95. The lowest BCUT2D eigenvalue weighted by Gasteiger charge is -2.42. The number of nitrogens with zero attached hydrogens (tertiary/aromatic N) is 2. The van der Waals surface area contributed by atoms with Crippen LogP contribution in [0.25, 0.3) is 5.53 Å². The minimum absolute atomic E-state index is 0.123. The van der Waals surface area contributed by atoms with Crippen molar-refractivity contribution in [2.75, 3.05) is 0 Å². The second kappa shape index (κ2) is 1.70. The summed E-state index contributed by atoms with van der Waals surface area (Å²) in [6.07, 6.45) is 1.11. The van der Waals surface area contributed by atoms with Crippen LogP contribution in [0.4, 0.5) is 0 Å². The van der Waals surface area contributed by atoms with Gasteiger partial charge in [-0.05, 0) is 34.1 Å². The van der Waals surface area contributed by atoms with Crippen LogP contribution in [-0.4, -0.2) is 10.5 Å². The van der Waals surface area contributed by atoms with Crippen molar-refractivity contribution in [1.82, 2.24) is 0 Å². The van der Waals surface area contributed by atoms with Crippen LogP contribution < -0.4 is 0 Å². The second-order valence-corrected chi connectivity index (χ2v) is 4.39. The Morgan fingerprint density at radius 1 is 1.20 bits per heavy atom. The molecule has 0 spiro atoms. The molecule has 1 fully saturated rings. The standard InChI is InChI=1S/C8H14N2/c1-7(2)5-8(3,4)6(7)10-9/h5H2,1-4H3. The molecule has 10 heavy (non-hydrogen) atoms. The molecule has 0 saturated heterocycles. The summed E-state index contributed by atoms with van der Waals surface area (Å²) in [4.78, 5) is 3.32. The average molecular weight is 138 g/mol. The van der Waals surface area contributed by atoms with Crippen LogP contribution in [0, 0.1) is 10.8 Å². The van der Waals surface area contributed by atoms with Gasteiger partial charge < -0.3 is 5.53 Å². The van der Waals surface area contributed by atoms with Gasteiger partial charge in [0.15, 0.2) is 0 Å². The van der Waals surface area contributed by atoms with Crippen LogP contribution in [0.1, 0.15) is 34.1 Å². The van der Waals surface area contributed by atoms with Gasteiger partial charge in [0.2, 0.25) is 0 Å². The van der Waals surface area contributed by atoms with Crippen molar-refractivity contribution in [2.24, 2.45) is 10.8 Å². The van der Waals surface area contributed by atoms with E-state index in [0.29, 0.717) is 0 Å². The minimum Gasteiger partial charge on any atom is -0.362 e. The molecular weight excluding hydrogens is 124 g/mol. The number of rotatable bonds is 0. The summed E-state index contributed by atoms with van der Waals surface area (Å²) in [6, 6.07) is 0. The zero-order valence-electron chi connectivity index (χ0n) is 7.10. The Morgan fingerprint density at radius 2 is 1.60 bits per heavy atom. The van der Waals surface area contributed by atoms with Gasteiger partial charge in [0.25, 0.3) is 5.71 Å². The molecule has 1 aliphatic rings. The van der Waals surface area contributed by atoms with Gasteiger partial charge in [-0.15, -0.1) is 0 Å². The summed E-state index contributed by atoms with van der Waals surface area (Å²) >= 11 is 0. The normalized spacial score (nSPS) is 27.0. The van der Waals surface area contributed by atoms with Gasteiger partial charge in [0.05, 0.1) is 10.8 Å². The fraction of sp³-hybridized carbons (Fsp3) is 0.875. The zero-order valence-corrected chi connectivity index (χ0v) is 7.10. The lowest BCUT2D eigenvalue weighted by atomic mass is 9.54. The lowest BCUT2D eigenvalue weighted by molar-refractivity contribution is -0.0573. The largest absolute Gasteiger partial charge is 0.362 e. The maximum absolute atomic E-state index is 8.65. The summed E-state index contributed by atoms with van der Waals surface area (Å²) in [5.41, 5.74) is 9.82. The monoisotopic (exact) mass is 138 g/mol. The highest BCUT2D eigenvalue weighted by molar-refractivity contribution is 5.95. The van der Waals surface area contributed by atoms with Crippen LogP contribution in [0.5, 0.6) is 0 Å². The maximum atomic E-state index is 8.65. The van der Waals surface area contributed by atoms with Gasteiger partial charge in [0.1, 0.15) is 0 Å². The fourth-order valence-corrected chi connectivity index (χ4v) is 2.35. The Morgan fingerprint density at radius 3 is 1.70 bits per heavy atom. The molecule has 0 N–H and O–H groups in total. The fourth-order valence-electron chi connectivity index (χ4n) is 2.35. The number of hydrogen-bond acceptors (Lipinski definition) is 0. The Kier molecular flexibility index (Phi) is 1.27. The molecule has 1 aliphatic carbocycles. The highest BCUT2D eigenvalue weighted by Crippen LogP contribution is 2.49. The van der Waals surface area contributed by atoms with Crippen molar-refractivity contribution in [3.05, 3.63) is 5.53 Å². The predicted molar refractivity (Wildman–Crippen MR) is 40.8 cm³/mol. The maximum Gasteiger partial charge on any atom is 0.279 e. The molecule has 2 nitrogen and oxygen atoms in total. The van der Waals surface area contributed by atoms with Crippen molar-refractivity contribution >= 4 is 5.71 Å². The summed E-state index contributed by atoms with van der Waals surface area (Å²) in [6.45, 7) is 8.42. The lowest BCUT2D eigenvalue weighted by Crippen LogP contribution is -2.51. The highest BCUT2D eigenvalue weighted by Gasteiger charge is 2.57. The Labute approximate surface area is 61.9 Å². The Hall–Kier alpha value is -0.620. The molecule has 1 rings (SSSR count). The topological polar surface area (TPSA) is 36.4 Å². The predicted octanol–water partition coefficient (Wildman–Crippen LogP) is 2.11. The SMILES string of the molecule is CC1(C)CC(C)(C)C1=[N+]=[N-]. The van der Waals surface area contributed by atoms with E-state index in [-0.39, 0.29) is 10.8 Å². The van der Waals surface area contributed by atoms with Gasteiger partial charge >= 0.3 is 0 Å². The summed E-state index contributed by atoms with van der Waals surface area (Å²) in [7, 11) is 0. The van der Waals surface area contributed by atoms with Crippen molar-refractivity contribution in [1.29, 1.82) is 0 Å². The molecule has 0 aromatic rings. The molecule has 0 atom stereocenters. The van der Waals surface area contributed by atoms with Gasteiger partial charge in [-0.1, -0.05) is 0 Å². The first kappa shape index (κ1) is 7.49. The van der Waals surface area contributed by atoms with E-state index in [1.54, 1.807) is 0 Å². The molecule has 1 saturated carbocycles. The molecule has 56 valence electrons. The third-order valence-electron chi connectivity index (χ3n) is 2.27. The van der Waals surface area contributed by atoms with E-state index in [1.807, 2.05) is 0 Å². The summed E-state index contributed by atoms with van der Waals surface area (Å²) < 4.78 is 0. The summed E-state index contributed by atoms with van der Waals surface area (Å²) in [5.74, 6) is 0. The third kappa shape index (κ3) is 0.800. The smallest absolute Gasteiger partial charge is 0.279 e. The molecule has 0 bridgehead atoms. The molecule has 0 heterocycles. The molecule has 0 aromatic carbocycles. The average Bonchev–Trinajstić information content (AvgIpc) is 1.59. The van der Waals surface area contributed by atoms with Crippen LogP contribution in [-0.2, 0) is 0 Å². The first-order valence-electron chi connectivity index (χ1n) is 3.63. The molecule has 0 aromatic heterocycles. The van der Waals surface area contributed by atoms with Gasteiger partial charge in [-0.25, -0.2) is 0 Å². The minimum atomic E-state index is 0.123. The van der Waals surface area contributed by atoms with Crippen molar-refractivity contribution < 1.29 is 4.79 Å². The van der Waals surface area contributed by atoms with Crippen LogP contribution in [0.3, 0.4) is 0 Å². The van der Waals surface area contributed by atoms with E-state index in [4.69, 9.17) is 5.53 Å². The van der Waals surface area contributed by atoms with E-state index >= 15 is 0 Å². The van der Waals surface area contributed by atoms with E-state index < -0.39 is 0 Å². The Bertz CT molecular complexity index is 191. The molecule has 0 aliphatic heterocycles. The molecule has 0 amide bonds. The van der Waals surface area contributed by atoms with Gasteiger partial charge in [0, 0.05) is 0 Å². The second-order valence-electron chi connectivity index (χ2n) is 4.39. The van der Waals surface area contributed by atoms with Gasteiger partial charge in [-0.3, -0.25) is 0 Å². The molecule has 2 heteroatoms. The molecular formula is C8H14N2. The van der Waals surface area contributed by atoms with Crippen LogP contribution >= 0.6 is 0 Å².